The van der Waals surface area contributed by atoms with Crippen LogP contribution in [0.1, 0.15) is 122 Å². The van der Waals surface area contributed by atoms with E-state index in [4.69, 9.17) is 13.1 Å². The first-order valence-corrected chi connectivity index (χ1v) is 23.0. The molecular weight excluding hydrogens is 861 g/mol. The third-order valence-corrected chi connectivity index (χ3v) is 17.6. The predicted octanol–water partition coefficient (Wildman–Crippen LogP) is 13.8. The predicted molar refractivity (Wildman–Crippen MR) is 235 cm³/mol. The van der Waals surface area contributed by atoms with E-state index in [1.807, 2.05) is 12.1 Å². The SMILES string of the molecule is [C-]#[N+]C(C#N)=C1/C(=C\c2cc3c(s2)-c2sc4c5c(sc4c2C32CCCCC2)C=C(/C=C2\C(=O)c3cc(F)c(F)cc3\C2=C(\C#N)[N+]#[C-])C52CCCCC2)C(=O)c2cc(F)c(F)cc21. The van der Waals surface area contributed by atoms with Gasteiger partial charge in [0.05, 0.1) is 39.6 Å². The number of carbonyl (C=O) groups excluding carboxylic acids is 2. The van der Waals surface area contributed by atoms with Crippen LogP contribution in [0.5, 0.6) is 0 Å². The Labute approximate surface area is 370 Å². The zero-order chi connectivity index (χ0) is 43.7. The Hall–Kier alpha value is -6.48. The molecule has 0 saturated heterocycles. The number of Topliss-reactive ketones (excluding diaryl/α,β-unsaturated/α-hetero) is 2. The van der Waals surface area contributed by atoms with Gasteiger partial charge in [0, 0.05) is 64.4 Å². The smallest absolute Gasteiger partial charge is 0.270 e. The summed E-state index contributed by atoms with van der Waals surface area (Å²) < 4.78 is 60.6. The highest BCUT2D eigenvalue weighted by molar-refractivity contribution is 7.32. The molecule has 3 aromatic heterocycles. The Balaban J connectivity index is 1.07. The third kappa shape index (κ3) is 5.28. The van der Waals surface area contributed by atoms with Gasteiger partial charge in [0.2, 0.25) is 0 Å². The summed E-state index contributed by atoms with van der Waals surface area (Å²) in [5, 5.41) is 19.9. The fourth-order valence-electron chi connectivity index (χ4n) is 11.3. The molecule has 2 fully saturated rings. The van der Waals surface area contributed by atoms with E-state index < -0.39 is 40.3 Å². The van der Waals surface area contributed by atoms with Crippen LogP contribution >= 0.6 is 34.0 Å². The first-order valence-electron chi connectivity index (χ1n) is 20.5. The first-order chi connectivity index (χ1) is 30.5. The van der Waals surface area contributed by atoms with Gasteiger partial charge in [-0.15, -0.1) is 34.0 Å². The number of allylic oxidation sites excluding steroid dienone is 8. The number of hydrogen-bond donors (Lipinski definition) is 0. The lowest BCUT2D eigenvalue weighted by molar-refractivity contribution is 0.103. The van der Waals surface area contributed by atoms with Crippen molar-refractivity contribution in [3.63, 3.8) is 0 Å². The summed E-state index contributed by atoms with van der Waals surface area (Å²) in [6.45, 7) is 15.4. The van der Waals surface area contributed by atoms with E-state index in [9.17, 15) is 37.7 Å². The molecule has 2 saturated carbocycles. The topological polar surface area (TPSA) is 90.4 Å². The van der Waals surface area contributed by atoms with E-state index in [1.54, 1.807) is 34.8 Å². The van der Waals surface area contributed by atoms with Crippen LogP contribution < -0.4 is 0 Å². The van der Waals surface area contributed by atoms with Crippen LogP contribution in [0.25, 0.3) is 52.1 Å². The molecule has 0 amide bonds. The highest BCUT2D eigenvalue weighted by Gasteiger charge is 2.51. The molecule has 6 nitrogen and oxygen atoms in total. The van der Waals surface area contributed by atoms with Crippen LogP contribution in [-0.2, 0) is 10.8 Å². The second kappa shape index (κ2) is 14.0. The van der Waals surface area contributed by atoms with E-state index >= 15 is 0 Å². The molecule has 63 heavy (non-hydrogen) atoms. The number of benzene rings is 2. The number of nitrogens with zero attached hydrogens (tertiary/aromatic N) is 4. The lowest BCUT2D eigenvalue weighted by Crippen LogP contribution is -2.29. The average Bonchev–Trinajstić information content (AvgIpc) is 4.13. The molecule has 2 spiro atoms. The van der Waals surface area contributed by atoms with Gasteiger partial charge < -0.3 is 0 Å². The van der Waals surface area contributed by atoms with E-state index in [0.29, 0.717) is 0 Å². The van der Waals surface area contributed by atoms with Crippen LogP contribution in [0.4, 0.5) is 17.6 Å². The van der Waals surface area contributed by atoms with Gasteiger partial charge in [-0.2, -0.15) is 0 Å². The minimum Gasteiger partial charge on any atom is -0.289 e. The van der Waals surface area contributed by atoms with Gasteiger partial charge in [0.15, 0.2) is 34.8 Å². The Kier molecular flexibility index (Phi) is 8.76. The fourth-order valence-corrected chi connectivity index (χ4v) is 15.8. The number of ketones is 2. The van der Waals surface area contributed by atoms with Gasteiger partial charge in [-0.05, 0) is 102 Å². The summed E-state index contributed by atoms with van der Waals surface area (Å²) in [4.78, 5) is 38.8. The lowest BCUT2D eigenvalue weighted by Gasteiger charge is -2.36. The molecule has 0 N–H and O–H groups in total. The molecule has 0 aliphatic heterocycles. The van der Waals surface area contributed by atoms with Crippen LogP contribution in [0.3, 0.4) is 0 Å². The summed E-state index contributed by atoms with van der Waals surface area (Å²) >= 11 is 5.02. The van der Waals surface area contributed by atoms with Crippen molar-refractivity contribution in [2.24, 2.45) is 0 Å². The monoisotopic (exact) mass is 888 g/mol. The summed E-state index contributed by atoms with van der Waals surface area (Å²) in [7, 11) is 0. The molecule has 2 aromatic carbocycles. The van der Waals surface area contributed by atoms with Crippen molar-refractivity contribution in [3.8, 4) is 21.9 Å². The molecule has 0 unspecified atom stereocenters. The molecule has 0 atom stereocenters. The molecule has 3 heterocycles. The Bertz CT molecular complexity index is 3350. The minimum atomic E-state index is -1.19. The molecule has 0 bridgehead atoms. The highest BCUT2D eigenvalue weighted by Crippen LogP contribution is 2.67. The number of carbonyl (C=O) groups is 2. The van der Waals surface area contributed by atoms with Crippen molar-refractivity contribution in [3.05, 3.63) is 159 Å². The number of halogens is 4. The zero-order valence-electron chi connectivity index (χ0n) is 33.0. The molecule has 13 heteroatoms. The third-order valence-electron chi connectivity index (χ3n) is 13.9. The molecule has 6 aliphatic rings. The zero-order valence-corrected chi connectivity index (χ0v) is 35.5. The van der Waals surface area contributed by atoms with Gasteiger partial charge in [0.1, 0.15) is 0 Å². The van der Waals surface area contributed by atoms with Crippen molar-refractivity contribution in [2.75, 3.05) is 0 Å². The van der Waals surface area contributed by atoms with Crippen molar-refractivity contribution in [1.82, 2.24) is 0 Å². The van der Waals surface area contributed by atoms with Crippen LogP contribution in [0.2, 0.25) is 0 Å². The van der Waals surface area contributed by atoms with Gasteiger partial charge in [0.25, 0.3) is 11.4 Å². The summed E-state index contributed by atoms with van der Waals surface area (Å²) in [6, 6.07) is 9.30. The molecule has 5 aromatic rings. The van der Waals surface area contributed by atoms with E-state index in [0.717, 1.165) is 114 Å². The number of fused-ring (bicyclic) bond motifs is 12. The Morgan fingerprint density at radius 1 is 0.619 bits per heavy atom. The van der Waals surface area contributed by atoms with Gasteiger partial charge >= 0.3 is 0 Å². The number of rotatable bonds is 2. The maximum atomic E-state index is 14.6. The summed E-state index contributed by atoms with van der Waals surface area (Å²) in [5.41, 5.74) is 3.12. The molecule has 6 aliphatic carbocycles. The maximum absolute atomic E-state index is 14.6. The van der Waals surface area contributed by atoms with E-state index in [-0.39, 0.29) is 61.4 Å². The van der Waals surface area contributed by atoms with Crippen molar-refractivity contribution in [2.45, 2.75) is 75.0 Å². The van der Waals surface area contributed by atoms with Crippen LogP contribution in [0.15, 0.2) is 64.5 Å². The first kappa shape index (κ1) is 39.4. The number of thiophene rings is 3. The van der Waals surface area contributed by atoms with Crippen molar-refractivity contribution in [1.29, 1.82) is 10.5 Å². The van der Waals surface area contributed by atoms with Crippen molar-refractivity contribution < 1.29 is 27.2 Å². The normalized spacial score (nSPS) is 21.5. The Morgan fingerprint density at radius 2 is 1.11 bits per heavy atom. The van der Waals surface area contributed by atoms with Crippen LogP contribution in [-0.4, -0.2) is 11.6 Å². The fraction of sp³-hybridized carbons (Fsp3) is 0.240. The van der Waals surface area contributed by atoms with Gasteiger partial charge in [-0.3, -0.25) is 9.59 Å². The second-order valence-electron chi connectivity index (χ2n) is 16.9. The number of nitriles is 2. The Morgan fingerprint density at radius 3 is 1.63 bits per heavy atom. The standard InChI is InChI=1S/C50H28F4N4O2S3/c1-57-36(21-55)39-25-17-32(51)34(53)19-27(25)43(59)29(39)13-23-14-38-41(49(23)9-5-3-6-10-49)46-48(62-38)42-47(63-46)45-31(50(42)11-7-4-8-12-50)16-24(61-45)15-30-40(37(22-56)58-2)26-18-33(52)35(54)20-28(26)44(30)60/h13-20H,3-12H2/b29-13-,30-15+,39-36+,40-37?. The van der Waals surface area contributed by atoms with E-state index in [1.165, 1.54) is 37.4 Å². The largest absolute Gasteiger partial charge is 0.289 e. The van der Waals surface area contributed by atoms with Gasteiger partial charge in [-0.1, -0.05) is 38.5 Å². The second-order valence-corrected chi connectivity index (χ2v) is 20.0. The van der Waals surface area contributed by atoms with Crippen molar-refractivity contribution >= 4 is 78.3 Å². The molecular formula is C50H28F4N4O2S3. The molecule has 0 radical (unpaired) electrons. The van der Waals surface area contributed by atoms with Gasteiger partial charge in [-0.25, -0.2) is 37.8 Å². The quantitative estimate of drug-likeness (QED) is 0.0764. The highest BCUT2D eigenvalue weighted by atomic mass is 32.1. The summed E-state index contributed by atoms with van der Waals surface area (Å²) in [5.74, 6) is -5.86. The molecule has 11 rings (SSSR count). The molecule has 306 valence electrons. The average molecular weight is 889 g/mol. The lowest BCUT2D eigenvalue weighted by atomic mass is 9.66. The maximum Gasteiger partial charge on any atom is 0.270 e. The summed E-state index contributed by atoms with van der Waals surface area (Å²) in [6.07, 6.45) is 15.1. The van der Waals surface area contributed by atoms with Crippen LogP contribution in [0, 0.1) is 59.1 Å². The van der Waals surface area contributed by atoms with E-state index in [2.05, 4.69) is 21.8 Å². The minimum absolute atomic E-state index is 0.000612. The number of hydrogen-bond acceptors (Lipinski definition) is 7.